The normalized spacial score (nSPS) is 14.1. The van der Waals surface area contributed by atoms with Crippen molar-refractivity contribution in [1.29, 1.82) is 0 Å². The summed E-state index contributed by atoms with van der Waals surface area (Å²) in [5.74, 6) is -1.42. The number of aryl methyl sites for hydroxylation is 1. The molecule has 0 spiro atoms. The Morgan fingerprint density at radius 1 is 0.830 bits per heavy atom. The van der Waals surface area contributed by atoms with Crippen LogP contribution in [0.4, 0.5) is 15.3 Å². The highest BCUT2D eigenvalue weighted by Crippen LogP contribution is 2.34. The van der Waals surface area contributed by atoms with E-state index < -0.39 is 24.0 Å². The standard InChI is InChI=1S/C37H45N3O7/c1-3-45-34(41)31(22-21-28-15-7-5-8-16-28)26-39(24-14-13-23-38-36(43)47-27-29-17-9-6-10-18-29)37(44)40-32-20-12-11-19-30(32)25-33(40)35(42)46-4-2/h5-12,15-20,31,33H,3-4,13-14,21-27H2,1-2H3,(H,38,43)/t31-,33?/m0/s1. The fourth-order valence-corrected chi connectivity index (χ4v) is 5.65. The van der Waals surface area contributed by atoms with Gasteiger partial charge in [0.25, 0.3) is 0 Å². The highest BCUT2D eigenvalue weighted by molar-refractivity contribution is 6.01. The molecule has 0 saturated carbocycles. The van der Waals surface area contributed by atoms with Crippen molar-refractivity contribution in [3.05, 3.63) is 102 Å². The van der Waals surface area contributed by atoms with E-state index in [2.05, 4.69) is 5.32 Å². The van der Waals surface area contributed by atoms with Crippen LogP contribution in [0.5, 0.6) is 0 Å². The molecule has 0 bridgehead atoms. The van der Waals surface area contributed by atoms with Gasteiger partial charge in [-0.1, -0.05) is 78.9 Å². The first-order valence-corrected chi connectivity index (χ1v) is 16.4. The Bertz CT molecular complexity index is 1450. The molecule has 10 heteroatoms. The zero-order valence-corrected chi connectivity index (χ0v) is 27.3. The number of carbonyl (C=O) groups is 4. The number of rotatable bonds is 16. The molecule has 0 fully saturated rings. The first kappa shape index (κ1) is 35.0. The van der Waals surface area contributed by atoms with Gasteiger partial charge in [0, 0.05) is 31.7 Å². The van der Waals surface area contributed by atoms with Crippen molar-refractivity contribution in [3.8, 4) is 0 Å². The molecule has 3 aromatic rings. The SMILES string of the molecule is CCOC(=O)C1Cc2ccccc2N1C(=O)N(CCCCNC(=O)OCc1ccccc1)C[C@H](CCc1ccccc1)C(=O)OCC. The summed E-state index contributed by atoms with van der Waals surface area (Å²) in [6.45, 7) is 4.86. The lowest BCUT2D eigenvalue weighted by Gasteiger charge is -2.33. The first-order valence-electron chi connectivity index (χ1n) is 16.4. The van der Waals surface area contributed by atoms with Crippen LogP contribution < -0.4 is 10.2 Å². The zero-order chi connectivity index (χ0) is 33.4. The van der Waals surface area contributed by atoms with E-state index in [0.29, 0.717) is 50.9 Å². The van der Waals surface area contributed by atoms with E-state index in [1.165, 1.54) is 4.90 Å². The van der Waals surface area contributed by atoms with E-state index in [1.54, 1.807) is 18.7 Å². The van der Waals surface area contributed by atoms with Crippen LogP contribution in [0.2, 0.25) is 0 Å². The van der Waals surface area contributed by atoms with Crippen LogP contribution in [0.3, 0.4) is 0 Å². The molecule has 0 radical (unpaired) electrons. The van der Waals surface area contributed by atoms with Gasteiger partial charge in [0.05, 0.1) is 19.1 Å². The lowest BCUT2D eigenvalue weighted by atomic mass is 9.98. The number of nitrogens with one attached hydrogen (secondary N) is 1. The largest absolute Gasteiger partial charge is 0.466 e. The van der Waals surface area contributed by atoms with Crippen LogP contribution in [-0.4, -0.2) is 67.9 Å². The van der Waals surface area contributed by atoms with Gasteiger partial charge in [0.15, 0.2) is 0 Å². The second kappa shape index (κ2) is 18.3. The van der Waals surface area contributed by atoms with Crippen LogP contribution >= 0.6 is 0 Å². The van der Waals surface area contributed by atoms with E-state index in [0.717, 1.165) is 16.7 Å². The maximum absolute atomic E-state index is 14.4. The Morgan fingerprint density at radius 2 is 1.49 bits per heavy atom. The highest BCUT2D eigenvalue weighted by Gasteiger charge is 2.41. The molecule has 10 nitrogen and oxygen atoms in total. The van der Waals surface area contributed by atoms with Crippen molar-refractivity contribution in [2.75, 3.05) is 37.7 Å². The molecule has 1 heterocycles. The van der Waals surface area contributed by atoms with Gasteiger partial charge in [-0.2, -0.15) is 0 Å². The van der Waals surface area contributed by atoms with Crippen LogP contribution in [-0.2, 0) is 43.2 Å². The molecule has 1 aliphatic rings. The minimum absolute atomic E-state index is 0.116. The second-order valence-electron chi connectivity index (χ2n) is 11.4. The fraction of sp³-hybridized carbons (Fsp3) is 0.405. The third-order valence-corrected chi connectivity index (χ3v) is 8.03. The Morgan fingerprint density at radius 3 is 2.19 bits per heavy atom. The van der Waals surface area contributed by atoms with E-state index in [9.17, 15) is 19.2 Å². The fourth-order valence-electron chi connectivity index (χ4n) is 5.65. The molecule has 0 saturated heterocycles. The van der Waals surface area contributed by atoms with Crippen LogP contribution in [0.15, 0.2) is 84.9 Å². The maximum Gasteiger partial charge on any atom is 0.407 e. The molecule has 4 rings (SSSR count). The van der Waals surface area contributed by atoms with Crippen LogP contribution in [0.25, 0.3) is 0 Å². The predicted molar refractivity (Wildman–Crippen MR) is 179 cm³/mol. The summed E-state index contributed by atoms with van der Waals surface area (Å²) in [6.07, 6.45) is 2.06. The molecule has 3 amide bonds. The number of para-hydroxylation sites is 1. The molecule has 0 aliphatic carbocycles. The van der Waals surface area contributed by atoms with Gasteiger partial charge in [0.1, 0.15) is 12.6 Å². The number of fused-ring (bicyclic) bond motifs is 1. The average Bonchev–Trinajstić information content (AvgIpc) is 3.49. The third kappa shape index (κ3) is 10.3. The Hall–Kier alpha value is -4.86. The maximum atomic E-state index is 14.4. The number of nitrogens with zero attached hydrogens (tertiary/aromatic N) is 2. The Balaban J connectivity index is 1.47. The minimum atomic E-state index is -0.811. The third-order valence-electron chi connectivity index (χ3n) is 8.03. The van der Waals surface area contributed by atoms with Gasteiger partial charge in [-0.3, -0.25) is 9.69 Å². The molecule has 0 aromatic heterocycles. The monoisotopic (exact) mass is 643 g/mol. The van der Waals surface area contributed by atoms with Gasteiger partial charge < -0.3 is 24.4 Å². The van der Waals surface area contributed by atoms with Crippen LogP contribution in [0, 0.1) is 5.92 Å². The number of hydrogen-bond acceptors (Lipinski definition) is 7. The Labute approximate surface area is 277 Å². The number of carbonyl (C=O) groups excluding carboxylic acids is 4. The van der Waals surface area contributed by atoms with Crippen molar-refractivity contribution in [2.24, 2.45) is 5.92 Å². The molecule has 1 unspecified atom stereocenters. The predicted octanol–water partition coefficient (Wildman–Crippen LogP) is 5.92. The summed E-state index contributed by atoms with van der Waals surface area (Å²) < 4.78 is 16.1. The molecule has 1 N–H and O–H groups in total. The number of amides is 3. The van der Waals surface area contributed by atoms with Crippen molar-refractivity contribution in [2.45, 2.75) is 58.6 Å². The van der Waals surface area contributed by atoms with Gasteiger partial charge in [-0.25, -0.2) is 14.4 Å². The number of benzene rings is 3. The molecular formula is C37H45N3O7. The summed E-state index contributed by atoms with van der Waals surface area (Å²) in [6, 6.07) is 25.6. The average molecular weight is 644 g/mol. The van der Waals surface area contributed by atoms with E-state index in [1.807, 2.05) is 84.9 Å². The van der Waals surface area contributed by atoms with Gasteiger partial charge in [-0.05, 0) is 62.3 Å². The number of esters is 2. The number of unbranched alkanes of at least 4 members (excludes halogenated alkanes) is 1. The van der Waals surface area contributed by atoms with E-state index >= 15 is 0 Å². The van der Waals surface area contributed by atoms with E-state index in [-0.39, 0.29) is 38.4 Å². The number of ether oxygens (including phenoxy) is 3. The second-order valence-corrected chi connectivity index (χ2v) is 11.4. The van der Waals surface area contributed by atoms with Crippen molar-refractivity contribution in [1.82, 2.24) is 10.2 Å². The van der Waals surface area contributed by atoms with Gasteiger partial charge in [0.2, 0.25) is 0 Å². The summed E-state index contributed by atoms with van der Waals surface area (Å²) in [5, 5.41) is 2.76. The molecule has 3 aromatic carbocycles. The highest BCUT2D eigenvalue weighted by atomic mass is 16.5. The van der Waals surface area contributed by atoms with Gasteiger partial charge >= 0.3 is 24.1 Å². The number of urea groups is 1. The topological polar surface area (TPSA) is 114 Å². The molecule has 250 valence electrons. The molecular weight excluding hydrogens is 598 g/mol. The summed E-state index contributed by atoms with van der Waals surface area (Å²) in [5.41, 5.74) is 3.51. The summed E-state index contributed by atoms with van der Waals surface area (Å²) in [4.78, 5) is 56.1. The van der Waals surface area contributed by atoms with Crippen molar-refractivity contribution >= 4 is 29.8 Å². The van der Waals surface area contributed by atoms with Gasteiger partial charge in [-0.15, -0.1) is 0 Å². The summed E-state index contributed by atoms with van der Waals surface area (Å²) in [7, 11) is 0. The first-order chi connectivity index (χ1) is 22.9. The van der Waals surface area contributed by atoms with E-state index in [4.69, 9.17) is 14.2 Å². The number of anilines is 1. The molecule has 1 aliphatic heterocycles. The molecule has 2 atom stereocenters. The lowest BCUT2D eigenvalue weighted by Crippen LogP contribution is -2.52. The van der Waals surface area contributed by atoms with Crippen LogP contribution in [0.1, 0.15) is 49.8 Å². The summed E-state index contributed by atoms with van der Waals surface area (Å²) >= 11 is 0. The smallest absolute Gasteiger partial charge is 0.407 e. The zero-order valence-electron chi connectivity index (χ0n) is 27.3. The molecule has 47 heavy (non-hydrogen) atoms. The number of alkyl carbamates (subject to hydrolysis) is 1. The Kier molecular flexibility index (Phi) is 13.6. The number of hydrogen-bond donors (Lipinski definition) is 1. The minimum Gasteiger partial charge on any atom is -0.466 e. The quantitative estimate of drug-likeness (QED) is 0.117. The lowest BCUT2D eigenvalue weighted by molar-refractivity contribution is -0.149. The van der Waals surface area contributed by atoms with Crippen molar-refractivity contribution in [3.63, 3.8) is 0 Å². The van der Waals surface area contributed by atoms with Crippen molar-refractivity contribution < 1.29 is 33.4 Å².